The predicted molar refractivity (Wildman–Crippen MR) is 52.0 cm³/mol. The summed E-state index contributed by atoms with van der Waals surface area (Å²) in [5.74, 6) is 1.04. The van der Waals surface area contributed by atoms with Gasteiger partial charge in [0.2, 0.25) is 11.8 Å². The van der Waals surface area contributed by atoms with Crippen molar-refractivity contribution >= 4 is 11.1 Å². The highest BCUT2D eigenvalue weighted by atomic mass is 16.4. The molecule has 0 spiro atoms. The van der Waals surface area contributed by atoms with E-state index in [9.17, 15) is 0 Å². The van der Waals surface area contributed by atoms with Crippen molar-refractivity contribution in [3.63, 3.8) is 0 Å². The van der Waals surface area contributed by atoms with Crippen LogP contribution in [0.25, 0.3) is 22.6 Å². The molecule has 1 aromatic carbocycles. The molecule has 5 nitrogen and oxygen atoms in total. The Kier molecular flexibility index (Phi) is 1.58. The molecule has 0 saturated carbocycles. The molecule has 3 rings (SSSR count). The summed E-state index contributed by atoms with van der Waals surface area (Å²) >= 11 is 0. The van der Waals surface area contributed by atoms with Crippen molar-refractivity contribution in [1.82, 2.24) is 15.2 Å². The maximum Gasteiger partial charge on any atom is 0.247 e. The third-order valence-electron chi connectivity index (χ3n) is 2.10. The van der Waals surface area contributed by atoms with Gasteiger partial charge in [-0.2, -0.15) is 0 Å². The van der Waals surface area contributed by atoms with E-state index in [0.717, 1.165) is 16.7 Å². The first-order chi connectivity index (χ1) is 7.33. The lowest BCUT2D eigenvalue weighted by molar-refractivity contribution is 0.533. The highest BCUT2D eigenvalue weighted by molar-refractivity contribution is 5.77. The largest absolute Gasteiger partial charge is 0.443 e. The molecule has 0 unspecified atom stereocenters. The first kappa shape index (κ1) is 8.16. The maximum absolute atomic E-state index is 5.31. The fourth-order valence-corrected chi connectivity index (χ4v) is 1.40. The van der Waals surface area contributed by atoms with Crippen LogP contribution in [0.2, 0.25) is 0 Å². The summed E-state index contributed by atoms with van der Waals surface area (Å²) < 4.78 is 10.5. The van der Waals surface area contributed by atoms with Gasteiger partial charge in [-0.05, 0) is 18.2 Å². The van der Waals surface area contributed by atoms with E-state index < -0.39 is 0 Å². The number of nitrogens with zero attached hydrogens (tertiary/aromatic N) is 3. The fraction of sp³-hybridized carbons (Fsp3) is 0.100. The molecule has 0 atom stereocenters. The number of aromatic nitrogens is 3. The van der Waals surface area contributed by atoms with E-state index in [1.807, 2.05) is 18.2 Å². The van der Waals surface area contributed by atoms with E-state index in [2.05, 4.69) is 15.2 Å². The minimum Gasteiger partial charge on any atom is -0.443 e. The SMILES string of the molecule is Cc1nnc(-c2ccc3ocnc3c2)o1. The number of hydrogen-bond donors (Lipinski definition) is 0. The van der Waals surface area contributed by atoms with Crippen LogP contribution < -0.4 is 0 Å². The average Bonchev–Trinajstić information content (AvgIpc) is 2.84. The molecule has 15 heavy (non-hydrogen) atoms. The quantitative estimate of drug-likeness (QED) is 0.603. The minimum atomic E-state index is 0.498. The summed E-state index contributed by atoms with van der Waals surface area (Å²) in [6.45, 7) is 1.76. The van der Waals surface area contributed by atoms with E-state index in [1.54, 1.807) is 6.92 Å². The number of aryl methyl sites for hydroxylation is 1. The van der Waals surface area contributed by atoms with E-state index in [4.69, 9.17) is 8.83 Å². The van der Waals surface area contributed by atoms with Gasteiger partial charge in [0.05, 0.1) is 0 Å². The van der Waals surface area contributed by atoms with Gasteiger partial charge < -0.3 is 8.83 Å². The second-order valence-corrected chi connectivity index (χ2v) is 3.16. The Bertz CT molecular complexity index is 612. The standard InChI is InChI=1S/C10H7N3O2/c1-6-12-13-10(15-6)7-2-3-9-8(4-7)11-5-14-9/h2-5H,1H3. The van der Waals surface area contributed by atoms with Gasteiger partial charge in [-0.15, -0.1) is 10.2 Å². The Morgan fingerprint density at radius 2 is 2.13 bits per heavy atom. The molecule has 0 aliphatic carbocycles. The molecule has 0 fully saturated rings. The van der Waals surface area contributed by atoms with E-state index in [-0.39, 0.29) is 0 Å². The molecule has 5 heteroatoms. The maximum atomic E-state index is 5.31. The molecular weight excluding hydrogens is 194 g/mol. The first-order valence-electron chi connectivity index (χ1n) is 4.47. The molecule has 0 radical (unpaired) electrons. The van der Waals surface area contributed by atoms with Crippen molar-refractivity contribution in [2.24, 2.45) is 0 Å². The number of oxazole rings is 1. The Morgan fingerprint density at radius 3 is 2.93 bits per heavy atom. The molecule has 0 saturated heterocycles. The van der Waals surface area contributed by atoms with Gasteiger partial charge in [0.25, 0.3) is 0 Å². The van der Waals surface area contributed by atoms with Gasteiger partial charge in [-0.1, -0.05) is 0 Å². The number of benzene rings is 1. The summed E-state index contributed by atoms with van der Waals surface area (Å²) in [6, 6.07) is 5.55. The van der Waals surface area contributed by atoms with Crippen LogP contribution in [0.5, 0.6) is 0 Å². The predicted octanol–water partition coefficient (Wildman–Crippen LogP) is 2.19. The lowest BCUT2D eigenvalue weighted by Gasteiger charge is -1.92. The average molecular weight is 201 g/mol. The van der Waals surface area contributed by atoms with Crippen molar-refractivity contribution in [1.29, 1.82) is 0 Å². The number of hydrogen-bond acceptors (Lipinski definition) is 5. The Morgan fingerprint density at radius 1 is 1.20 bits per heavy atom. The van der Waals surface area contributed by atoms with Gasteiger partial charge in [0.1, 0.15) is 5.52 Å². The lowest BCUT2D eigenvalue weighted by atomic mass is 10.2. The molecule has 0 amide bonds. The van der Waals surface area contributed by atoms with Crippen molar-refractivity contribution in [3.05, 3.63) is 30.5 Å². The van der Waals surface area contributed by atoms with E-state index >= 15 is 0 Å². The normalized spacial score (nSPS) is 11.0. The lowest BCUT2D eigenvalue weighted by Crippen LogP contribution is -1.77. The fourth-order valence-electron chi connectivity index (χ4n) is 1.40. The smallest absolute Gasteiger partial charge is 0.247 e. The molecule has 0 N–H and O–H groups in total. The monoisotopic (exact) mass is 201 g/mol. The van der Waals surface area contributed by atoms with Crippen LogP contribution in [0.15, 0.2) is 33.4 Å². The summed E-state index contributed by atoms with van der Waals surface area (Å²) in [4.78, 5) is 4.06. The summed E-state index contributed by atoms with van der Waals surface area (Å²) in [7, 11) is 0. The van der Waals surface area contributed by atoms with Crippen LogP contribution in [0.1, 0.15) is 5.89 Å². The highest BCUT2D eigenvalue weighted by Crippen LogP contribution is 2.22. The molecule has 2 aromatic heterocycles. The molecule has 0 bridgehead atoms. The van der Waals surface area contributed by atoms with Crippen LogP contribution in [-0.2, 0) is 0 Å². The van der Waals surface area contributed by atoms with Crippen molar-refractivity contribution in [3.8, 4) is 11.5 Å². The van der Waals surface area contributed by atoms with Gasteiger partial charge in [0, 0.05) is 12.5 Å². The summed E-state index contributed by atoms with van der Waals surface area (Å²) in [5.41, 5.74) is 2.37. The molecule has 0 aliphatic rings. The van der Waals surface area contributed by atoms with Crippen LogP contribution in [0, 0.1) is 6.92 Å². The Balaban J connectivity index is 2.18. The Hall–Kier alpha value is -2.17. The molecule has 0 aliphatic heterocycles. The second kappa shape index (κ2) is 2.91. The zero-order valence-electron chi connectivity index (χ0n) is 7.97. The summed E-state index contributed by atoms with van der Waals surface area (Å²) in [5, 5.41) is 7.70. The zero-order valence-corrected chi connectivity index (χ0v) is 7.97. The van der Waals surface area contributed by atoms with Gasteiger partial charge in [-0.25, -0.2) is 4.98 Å². The molecular formula is C10H7N3O2. The summed E-state index contributed by atoms with van der Waals surface area (Å²) in [6.07, 6.45) is 1.41. The van der Waals surface area contributed by atoms with E-state index in [0.29, 0.717) is 11.8 Å². The van der Waals surface area contributed by atoms with Gasteiger partial charge >= 0.3 is 0 Å². The zero-order chi connectivity index (χ0) is 10.3. The minimum absolute atomic E-state index is 0.498. The third-order valence-corrected chi connectivity index (χ3v) is 2.10. The topological polar surface area (TPSA) is 65.0 Å². The molecule has 74 valence electrons. The number of fused-ring (bicyclic) bond motifs is 1. The van der Waals surface area contributed by atoms with Crippen molar-refractivity contribution in [2.75, 3.05) is 0 Å². The van der Waals surface area contributed by atoms with Crippen LogP contribution >= 0.6 is 0 Å². The van der Waals surface area contributed by atoms with Crippen LogP contribution in [0.3, 0.4) is 0 Å². The van der Waals surface area contributed by atoms with Crippen LogP contribution in [-0.4, -0.2) is 15.2 Å². The van der Waals surface area contributed by atoms with E-state index in [1.165, 1.54) is 6.39 Å². The second-order valence-electron chi connectivity index (χ2n) is 3.16. The molecule has 3 aromatic rings. The molecule has 2 heterocycles. The van der Waals surface area contributed by atoms with Gasteiger partial charge in [-0.3, -0.25) is 0 Å². The van der Waals surface area contributed by atoms with Crippen molar-refractivity contribution < 1.29 is 8.83 Å². The number of rotatable bonds is 1. The first-order valence-corrected chi connectivity index (χ1v) is 4.47. The third kappa shape index (κ3) is 1.28. The van der Waals surface area contributed by atoms with Gasteiger partial charge in [0.15, 0.2) is 12.0 Å². The Labute approximate surface area is 84.8 Å². The van der Waals surface area contributed by atoms with Crippen molar-refractivity contribution in [2.45, 2.75) is 6.92 Å². The highest BCUT2D eigenvalue weighted by Gasteiger charge is 2.07. The van der Waals surface area contributed by atoms with Crippen LogP contribution in [0.4, 0.5) is 0 Å².